The highest BCUT2D eigenvalue weighted by molar-refractivity contribution is 4.84. The van der Waals surface area contributed by atoms with Crippen LogP contribution in [0.2, 0.25) is 0 Å². The topological polar surface area (TPSA) is 38.5 Å². The van der Waals surface area contributed by atoms with Crippen LogP contribution < -0.4 is 5.73 Å². The van der Waals surface area contributed by atoms with Crippen molar-refractivity contribution in [1.29, 1.82) is 0 Å². The molecule has 3 heteroatoms. The van der Waals surface area contributed by atoms with Gasteiger partial charge in [0.05, 0.1) is 12.2 Å². The fourth-order valence-corrected chi connectivity index (χ4v) is 2.28. The monoisotopic (exact) mass is 184 g/mol. The second kappa shape index (κ2) is 3.95. The summed E-state index contributed by atoms with van der Waals surface area (Å²) in [5.74, 6) is 0.749. The number of hydrogen-bond acceptors (Lipinski definition) is 3. The van der Waals surface area contributed by atoms with Gasteiger partial charge in [-0.25, -0.2) is 0 Å². The molecule has 13 heavy (non-hydrogen) atoms. The van der Waals surface area contributed by atoms with E-state index in [2.05, 4.69) is 11.8 Å². The molecule has 0 aromatic carbocycles. The molecule has 0 bridgehead atoms. The van der Waals surface area contributed by atoms with Crippen LogP contribution in [0.3, 0.4) is 0 Å². The zero-order valence-corrected chi connectivity index (χ0v) is 8.41. The molecule has 2 N–H and O–H groups in total. The summed E-state index contributed by atoms with van der Waals surface area (Å²) in [6, 6.07) is 0. The van der Waals surface area contributed by atoms with E-state index in [9.17, 15) is 0 Å². The van der Waals surface area contributed by atoms with Crippen LogP contribution in [0.5, 0.6) is 0 Å². The van der Waals surface area contributed by atoms with Crippen LogP contribution in [0, 0.1) is 5.92 Å². The highest BCUT2D eigenvalue weighted by Gasteiger charge is 2.30. The maximum atomic E-state index is 5.76. The van der Waals surface area contributed by atoms with E-state index in [-0.39, 0.29) is 0 Å². The van der Waals surface area contributed by atoms with Gasteiger partial charge in [-0.3, -0.25) is 0 Å². The number of rotatable bonds is 3. The average molecular weight is 184 g/mol. The van der Waals surface area contributed by atoms with E-state index < -0.39 is 0 Å². The van der Waals surface area contributed by atoms with Crippen molar-refractivity contribution in [2.75, 3.05) is 26.2 Å². The minimum atomic E-state index is 0.483. The lowest BCUT2D eigenvalue weighted by Gasteiger charge is -2.39. The molecule has 0 radical (unpaired) electrons. The van der Waals surface area contributed by atoms with Crippen molar-refractivity contribution in [3.8, 4) is 0 Å². The summed E-state index contributed by atoms with van der Waals surface area (Å²) in [6.07, 6.45) is 3.45. The van der Waals surface area contributed by atoms with E-state index in [1.165, 1.54) is 25.9 Å². The third-order valence-corrected chi connectivity index (χ3v) is 3.15. The zero-order valence-electron chi connectivity index (χ0n) is 8.41. The smallest absolute Gasteiger partial charge is 0.0706 e. The van der Waals surface area contributed by atoms with E-state index in [1.54, 1.807) is 0 Å². The SMILES string of the molecule is CC1CCC(CN2CC(CN)C2)O1. The molecule has 2 heterocycles. The number of hydrogen-bond donors (Lipinski definition) is 1. The molecule has 2 rings (SSSR count). The Morgan fingerprint density at radius 1 is 1.38 bits per heavy atom. The van der Waals surface area contributed by atoms with Gasteiger partial charge in [0, 0.05) is 19.6 Å². The van der Waals surface area contributed by atoms with E-state index >= 15 is 0 Å². The van der Waals surface area contributed by atoms with E-state index in [0.29, 0.717) is 12.2 Å². The minimum absolute atomic E-state index is 0.483. The van der Waals surface area contributed by atoms with Crippen LogP contribution in [0.1, 0.15) is 19.8 Å². The fourth-order valence-electron chi connectivity index (χ4n) is 2.28. The van der Waals surface area contributed by atoms with Crippen molar-refractivity contribution in [3.05, 3.63) is 0 Å². The standard InChI is InChI=1S/C10H20N2O/c1-8-2-3-10(13-8)7-12-5-9(4-11)6-12/h8-10H,2-7,11H2,1H3. The van der Waals surface area contributed by atoms with Gasteiger partial charge < -0.3 is 15.4 Å². The molecule has 76 valence electrons. The maximum Gasteiger partial charge on any atom is 0.0706 e. The first-order valence-corrected chi connectivity index (χ1v) is 5.36. The lowest BCUT2D eigenvalue weighted by Crippen LogP contribution is -2.52. The second-order valence-electron chi connectivity index (χ2n) is 4.47. The van der Waals surface area contributed by atoms with Gasteiger partial charge >= 0.3 is 0 Å². The third kappa shape index (κ3) is 2.22. The normalized spacial score (nSPS) is 36.5. The Bertz CT molecular complexity index is 168. The molecule has 0 aromatic heterocycles. The Kier molecular flexibility index (Phi) is 2.86. The first kappa shape index (κ1) is 9.44. The van der Waals surface area contributed by atoms with Crippen LogP contribution in [0.4, 0.5) is 0 Å². The quantitative estimate of drug-likeness (QED) is 0.692. The second-order valence-corrected chi connectivity index (χ2v) is 4.47. The van der Waals surface area contributed by atoms with Crippen LogP contribution >= 0.6 is 0 Å². The van der Waals surface area contributed by atoms with Crippen molar-refractivity contribution in [1.82, 2.24) is 4.90 Å². The first-order valence-electron chi connectivity index (χ1n) is 5.36. The summed E-state index contributed by atoms with van der Waals surface area (Å²) in [5.41, 5.74) is 5.57. The van der Waals surface area contributed by atoms with Crippen LogP contribution in [0.15, 0.2) is 0 Å². The van der Waals surface area contributed by atoms with Crippen LogP contribution in [0.25, 0.3) is 0 Å². The molecule has 2 atom stereocenters. The first-order chi connectivity index (χ1) is 6.28. The van der Waals surface area contributed by atoms with Gasteiger partial charge in [0.2, 0.25) is 0 Å². The highest BCUT2D eigenvalue weighted by atomic mass is 16.5. The van der Waals surface area contributed by atoms with E-state index in [4.69, 9.17) is 10.5 Å². The van der Waals surface area contributed by atoms with Crippen molar-refractivity contribution < 1.29 is 4.74 Å². The van der Waals surface area contributed by atoms with Crippen molar-refractivity contribution in [2.24, 2.45) is 11.7 Å². The molecule has 0 spiro atoms. The van der Waals surface area contributed by atoms with Gasteiger partial charge in [-0.2, -0.15) is 0 Å². The molecule has 0 amide bonds. The molecule has 2 aliphatic heterocycles. The van der Waals surface area contributed by atoms with Gasteiger partial charge in [0.1, 0.15) is 0 Å². The van der Waals surface area contributed by atoms with Crippen LogP contribution in [-0.2, 0) is 4.74 Å². The molecule has 2 unspecified atom stereocenters. The van der Waals surface area contributed by atoms with Crippen molar-refractivity contribution >= 4 is 0 Å². The van der Waals surface area contributed by atoms with E-state index in [1.807, 2.05) is 0 Å². The lowest BCUT2D eigenvalue weighted by molar-refractivity contribution is 0.00165. The Morgan fingerprint density at radius 2 is 2.15 bits per heavy atom. The Morgan fingerprint density at radius 3 is 2.69 bits per heavy atom. The van der Waals surface area contributed by atoms with E-state index in [0.717, 1.165) is 19.0 Å². The largest absolute Gasteiger partial charge is 0.374 e. The Hall–Kier alpha value is -0.120. The van der Waals surface area contributed by atoms with Crippen molar-refractivity contribution in [3.63, 3.8) is 0 Å². The summed E-state index contributed by atoms with van der Waals surface area (Å²) >= 11 is 0. The average Bonchev–Trinajstić information content (AvgIpc) is 2.43. The Labute approximate surface area is 80.2 Å². The summed E-state index contributed by atoms with van der Waals surface area (Å²) in [7, 11) is 0. The number of nitrogens with zero attached hydrogens (tertiary/aromatic N) is 1. The molecule has 0 saturated carbocycles. The summed E-state index contributed by atoms with van der Waals surface area (Å²) in [5, 5.41) is 0. The molecule has 0 aromatic rings. The summed E-state index contributed by atoms with van der Waals surface area (Å²) in [4.78, 5) is 2.46. The highest BCUT2D eigenvalue weighted by Crippen LogP contribution is 2.22. The molecule has 0 aliphatic carbocycles. The Balaban J connectivity index is 1.64. The van der Waals surface area contributed by atoms with Gasteiger partial charge in [0.25, 0.3) is 0 Å². The minimum Gasteiger partial charge on any atom is -0.374 e. The van der Waals surface area contributed by atoms with Gasteiger partial charge in [-0.1, -0.05) is 0 Å². The predicted molar refractivity (Wildman–Crippen MR) is 52.6 cm³/mol. The number of nitrogens with two attached hydrogens (primary N) is 1. The van der Waals surface area contributed by atoms with Gasteiger partial charge in [-0.05, 0) is 32.2 Å². The van der Waals surface area contributed by atoms with Gasteiger partial charge in [-0.15, -0.1) is 0 Å². The molecule has 2 fully saturated rings. The van der Waals surface area contributed by atoms with Crippen LogP contribution in [-0.4, -0.2) is 43.3 Å². The zero-order chi connectivity index (χ0) is 9.26. The lowest BCUT2D eigenvalue weighted by atomic mass is 10.00. The molecule has 3 nitrogen and oxygen atoms in total. The fraction of sp³-hybridized carbons (Fsp3) is 1.00. The maximum absolute atomic E-state index is 5.76. The molecule has 2 aliphatic rings. The number of likely N-dealkylation sites (tertiary alicyclic amines) is 1. The molecular weight excluding hydrogens is 164 g/mol. The van der Waals surface area contributed by atoms with Gasteiger partial charge in [0.15, 0.2) is 0 Å². The third-order valence-electron chi connectivity index (χ3n) is 3.15. The summed E-state index contributed by atoms with van der Waals surface area (Å²) < 4.78 is 5.76. The number of ether oxygens (including phenoxy) is 1. The predicted octanol–water partition coefficient (Wildman–Crippen LogP) is 0.444. The van der Waals surface area contributed by atoms with Crippen molar-refractivity contribution in [2.45, 2.75) is 32.0 Å². The molecule has 2 saturated heterocycles. The summed E-state index contributed by atoms with van der Waals surface area (Å²) in [6.45, 7) is 6.51. The molecular formula is C10H20N2O.